The number of halogens is 1. The van der Waals surface area contributed by atoms with E-state index in [4.69, 9.17) is 0 Å². The van der Waals surface area contributed by atoms with Crippen LogP contribution in [0.15, 0.2) is 0 Å². The molecule has 0 saturated heterocycles. The van der Waals surface area contributed by atoms with Crippen LogP contribution in [0.5, 0.6) is 0 Å². The number of hydrogen-bond acceptors (Lipinski definition) is 3. The van der Waals surface area contributed by atoms with Gasteiger partial charge in [-0.05, 0) is 32.7 Å². The van der Waals surface area contributed by atoms with Crippen molar-refractivity contribution in [2.45, 2.75) is 58.4 Å². The Morgan fingerprint density at radius 2 is 1.81 bits per heavy atom. The number of nitrogens with one attached hydrogen (secondary N) is 3. The van der Waals surface area contributed by atoms with Crippen molar-refractivity contribution in [2.24, 2.45) is 5.92 Å². The number of rotatable bonds is 9. The van der Waals surface area contributed by atoms with E-state index in [-0.39, 0.29) is 36.2 Å². The van der Waals surface area contributed by atoms with Crippen molar-refractivity contribution in [1.29, 1.82) is 0 Å². The molecule has 1 aliphatic carbocycles. The predicted octanol–water partition coefficient (Wildman–Crippen LogP) is 1.61. The summed E-state index contributed by atoms with van der Waals surface area (Å²) in [6.45, 7) is 6.41. The highest BCUT2D eigenvalue weighted by molar-refractivity contribution is 5.85. The first-order valence-corrected chi connectivity index (χ1v) is 7.91. The fourth-order valence-corrected chi connectivity index (χ4v) is 2.54. The van der Waals surface area contributed by atoms with Crippen LogP contribution in [0.25, 0.3) is 0 Å². The Kier molecular flexibility index (Phi) is 11.4. The Hall–Kier alpha value is -0.810. The predicted molar refractivity (Wildman–Crippen MR) is 87.6 cm³/mol. The maximum atomic E-state index is 11.9. The molecule has 0 heterocycles. The molecule has 1 rings (SSSR count). The van der Waals surface area contributed by atoms with E-state index >= 15 is 0 Å². The van der Waals surface area contributed by atoms with E-state index < -0.39 is 0 Å². The summed E-state index contributed by atoms with van der Waals surface area (Å²) in [5.41, 5.74) is 0. The largest absolute Gasteiger partial charge is 0.355 e. The lowest BCUT2D eigenvalue weighted by molar-refractivity contribution is -0.126. The minimum absolute atomic E-state index is 0. The molecule has 124 valence electrons. The van der Waals surface area contributed by atoms with Crippen LogP contribution in [0.2, 0.25) is 0 Å². The third kappa shape index (κ3) is 8.94. The Morgan fingerprint density at radius 3 is 2.43 bits per heavy atom. The van der Waals surface area contributed by atoms with Crippen molar-refractivity contribution in [3.63, 3.8) is 0 Å². The zero-order valence-corrected chi connectivity index (χ0v) is 14.1. The van der Waals surface area contributed by atoms with Crippen LogP contribution < -0.4 is 16.0 Å². The highest BCUT2D eigenvalue weighted by Gasteiger charge is 2.23. The van der Waals surface area contributed by atoms with Gasteiger partial charge in [-0.15, -0.1) is 12.4 Å². The van der Waals surface area contributed by atoms with Crippen molar-refractivity contribution >= 4 is 24.2 Å². The van der Waals surface area contributed by atoms with Crippen LogP contribution in [0.3, 0.4) is 0 Å². The quantitative estimate of drug-likeness (QED) is 0.565. The highest BCUT2D eigenvalue weighted by atomic mass is 35.5. The first kappa shape index (κ1) is 20.2. The Balaban J connectivity index is 0.00000400. The van der Waals surface area contributed by atoms with Crippen LogP contribution >= 0.6 is 12.4 Å². The van der Waals surface area contributed by atoms with Gasteiger partial charge >= 0.3 is 0 Å². The standard InChI is InChI=1S/C15H29N3O2.ClH/c1-3-8-16-9-10-17-14(19)11-12(2)18-15(20)13-6-4-5-7-13;/h12-13,16H,3-11H2,1-2H3,(H,17,19)(H,18,20);1H. The van der Waals surface area contributed by atoms with E-state index in [2.05, 4.69) is 22.9 Å². The van der Waals surface area contributed by atoms with E-state index in [0.717, 1.165) is 45.2 Å². The lowest BCUT2D eigenvalue weighted by atomic mass is 10.1. The zero-order valence-electron chi connectivity index (χ0n) is 13.2. The van der Waals surface area contributed by atoms with Crippen LogP contribution in [0.4, 0.5) is 0 Å². The van der Waals surface area contributed by atoms with Gasteiger partial charge in [-0.25, -0.2) is 0 Å². The molecule has 0 spiro atoms. The molecular formula is C15H30ClN3O2. The lowest BCUT2D eigenvalue weighted by Gasteiger charge is -2.16. The molecule has 0 bridgehead atoms. The van der Waals surface area contributed by atoms with Crippen LogP contribution in [0.1, 0.15) is 52.4 Å². The maximum Gasteiger partial charge on any atom is 0.223 e. The molecule has 0 radical (unpaired) electrons. The third-order valence-electron chi connectivity index (χ3n) is 3.66. The number of carbonyl (C=O) groups is 2. The van der Waals surface area contributed by atoms with E-state index in [1.165, 1.54) is 0 Å². The van der Waals surface area contributed by atoms with E-state index in [0.29, 0.717) is 13.0 Å². The van der Waals surface area contributed by atoms with Gasteiger partial charge in [0.05, 0.1) is 0 Å². The van der Waals surface area contributed by atoms with E-state index in [1.54, 1.807) is 0 Å². The second kappa shape index (κ2) is 11.8. The fourth-order valence-electron chi connectivity index (χ4n) is 2.54. The fraction of sp³-hybridized carbons (Fsp3) is 0.867. The van der Waals surface area contributed by atoms with Crippen molar-refractivity contribution in [2.75, 3.05) is 19.6 Å². The molecule has 1 unspecified atom stereocenters. The Labute approximate surface area is 134 Å². The Bertz CT molecular complexity index is 307. The monoisotopic (exact) mass is 319 g/mol. The SMILES string of the molecule is CCCNCCNC(=O)CC(C)NC(=O)C1CCCC1.Cl. The summed E-state index contributed by atoms with van der Waals surface area (Å²) in [6, 6.07) is -0.0910. The van der Waals surface area contributed by atoms with Crippen molar-refractivity contribution < 1.29 is 9.59 Å². The van der Waals surface area contributed by atoms with Gasteiger partial charge in [0.1, 0.15) is 0 Å². The third-order valence-corrected chi connectivity index (χ3v) is 3.66. The molecule has 0 aromatic heterocycles. The van der Waals surface area contributed by atoms with Gasteiger partial charge in [0.15, 0.2) is 0 Å². The molecule has 1 aliphatic rings. The average Bonchev–Trinajstić information content (AvgIpc) is 2.92. The molecule has 5 nitrogen and oxygen atoms in total. The Morgan fingerprint density at radius 1 is 1.14 bits per heavy atom. The molecule has 2 amide bonds. The van der Waals surface area contributed by atoms with Gasteiger partial charge in [-0.1, -0.05) is 19.8 Å². The van der Waals surface area contributed by atoms with Crippen molar-refractivity contribution in [1.82, 2.24) is 16.0 Å². The first-order chi connectivity index (χ1) is 9.63. The molecule has 1 saturated carbocycles. The smallest absolute Gasteiger partial charge is 0.223 e. The summed E-state index contributed by atoms with van der Waals surface area (Å²) in [4.78, 5) is 23.6. The van der Waals surface area contributed by atoms with Gasteiger partial charge in [0.2, 0.25) is 11.8 Å². The summed E-state index contributed by atoms with van der Waals surface area (Å²) < 4.78 is 0. The minimum Gasteiger partial charge on any atom is -0.355 e. The second-order valence-electron chi connectivity index (χ2n) is 5.70. The number of amides is 2. The molecule has 0 aromatic rings. The molecule has 6 heteroatoms. The van der Waals surface area contributed by atoms with Crippen molar-refractivity contribution in [3.05, 3.63) is 0 Å². The number of hydrogen-bond donors (Lipinski definition) is 3. The van der Waals surface area contributed by atoms with Gasteiger partial charge in [0.25, 0.3) is 0 Å². The van der Waals surface area contributed by atoms with Gasteiger partial charge in [0, 0.05) is 31.5 Å². The van der Waals surface area contributed by atoms with Gasteiger partial charge in [-0.2, -0.15) is 0 Å². The summed E-state index contributed by atoms with van der Waals surface area (Å²) in [5.74, 6) is 0.286. The first-order valence-electron chi connectivity index (χ1n) is 7.91. The van der Waals surface area contributed by atoms with Crippen LogP contribution in [-0.2, 0) is 9.59 Å². The summed E-state index contributed by atoms with van der Waals surface area (Å²) in [7, 11) is 0. The molecule has 1 fully saturated rings. The van der Waals surface area contributed by atoms with Crippen LogP contribution in [0, 0.1) is 5.92 Å². The average molecular weight is 320 g/mol. The van der Waals surface area contributed by atoms with Crippen molar-refractivity contribution in [3.8, 4) is 0 Å². The van der Waals surface area contributed by atoms with E-state index in [1.807, 2.05) is 6.92 Å². The lowest BCUT2D eigenvalue weighted by Crippen LogP contribution is -2.40. The molecule has 0 aliphatic heterocycles. The van der Waals surface area contributed by atoms with E-state index in [9.17, 15) is 9.59 Å². The zero-order chi connectivity index (χ0) is 14.8. The normalized spacial score (nSPS) is 16.1. The maximum absolute atomic E-state index is 11.9. The molecule has 1 atom stereocenters. The molecule has 3 N–H and O–H groups in total. The summed E-state index contributed by atoms with van der Waals surface area (Å²) >= 11 is 0. The molecule has 21 heavy (non-hydrogen) atoms. The van der Waals surface area contributed by atoms with Gasteiger partial charge < -0.3 is 16.0 Å². The topological polar surface area (TPSA) is 70.2 Å². The molecule has 0 aromatic carbocycles. The van der Waals surface area contributed by atoms with Gasteiger partial charge in [-0.3, -0.25) is 9.59 Å². The summed E-state index contributed by atoms with van der Waals surface area (Å²) in [6.07, 6.45) is 5.74. The minimum atomic E-state index is -0.0910. The molecular weight excluding hydrogens is 290 g/mol. The number of carbonyl (C=O) groups excluding carboxylic acids is 2. The summed E-state index contributed by atoms with van der Waals surface area (Å²) in [5, 5.41) is 9.04. The van der Waals surface area contributed by atoms with Crippen LogP contribution in [-0.4, -0.2) is 37.5 Å². The highest BCUT2D eigenvalue weighted by Crippen LogP contribution is 2.24. The second-order valence-corrected chi connectivity index (χ2v) is 5.70.